The van der Waals surface area contributed by atoms with E-state index < -0.39 is 17.7 Å². The number of carboxylic acids is 1. The minimum atomic E-state index is -1.30. The molecule has 2 aromatic rings. The van der Waals surface area contributed by atoms with E-state index in [4.69, 9.17) is 21.1 Å². The van der Waals surface area contributed by atoms with E-state index in [1.165, 1.54) is 24.3 Å². The molecule has 1 amide bonds. The molecular formula is C12H7ClFNO4. The molecular weight excluding hydrogens is 277 g/mol. The Labute approximate surface area is 111 Å². The Kier molecular flexibility index (Phi) is 3.52. The van der Waals surface area contributed by atoms with Gasteiger partial charge in [0.25, 0.3) is 5.91 Å². The molecule has 0 radical (unpaired) electrons. The molecule has 0 aliphatic rings. The maximum atomic E-state index is 13.5. The second-order valence-electron chi connectivity index (χ2n) is 3.52. The summed E-state index contributed by atoms with van der Waals surface area (Å²) >= 11 is 5.56. The van der Waals surface area contributed by atoms with Crippen LogP contribution < -0.4 is 5.32 Å². The Morgan fingerprint density at radius 3 is 2.53 bits per heavy atom. The second-order valence-corrected chi connectivity index (χ2v) is 3.93. The molecule has 1 heterocycles. The van der Waals surface area contributed by atoms with E-state index in [0.717, 1.165) is 6.07 Å². The van der Waals surface area contributed by atoms with Crippen LogP contribution in [0.5, 0.6) is 0 Å². The fraction of sp³-hybridized carbons (Fsp3) is 0. The predicted octanol–water partition coefficient (Wildman–Crippen LogP) is 3.02. The third-order valence-corrected chi connectivity index (χ3v) is 2.53. The fourth-order valence-corrected chi connectivity index (χ4v) is 1.53. The van der Waals surface area contributed by atoms with Crippen molar-refractivity contribution in [3.8, 4) is 0 Å². The van der Waals surface area contributed by atoms with Crippen LogP contribution in [-0.2, 0) is 0 Å². The second kappa shape index (κ2) is 5.11. The molecule has 0 aliphatic heterocycles. The SMILES string of the molecule is O=C(O)c1ccc(C(=O)Nc2cccc(Cl)c2F)o1. The van der Waals surface area contributed by atoms with Gasteiger partial charge in [0.15, 0.2) is 11.6 Å². The third-order valence-electron chi connectivity index (χ3n) is 2.24. The lowest BCUT2D eigenvalue weighted by atomic mass is 10.3. The van der Waals surface area contributed by atoms with Gasteiger partial charge in [-0.05, 0) is 24.3 Å². The van der Waals surface area contributed by atoms with Crippen LogP contribution >= 0.6 is 11.6 Å². The van der Waals surface area contributed by atoms with E-state index in [2.05, 4.69) is 5.32 Å². The average Bonchev–Trinajstić information content (AvgIpc) is 2.84. The summed E-state index contributed by atoms with van der Waals surface area (Å²) in [6.45, 7) is 0. The largest absolute Gasteiger partial charge is 0.475 e. The lowest BCUT2D eigenvalue weighted by Crippen LogP contribution is -2.12. The van der Waals surface area contributed by atoms with Gasteiger partial charge in [0.2, 0.25) is 5.76 Å². The summed E-state index contributed by atoms with van der Waals surface area (Å²) < 4.78 is 18.3. The summed E-state index contributed by atoms with van der Waals surface area (Å²) in [5.41, 5.74) is -0.120. The van der Waals surface area contributed by atoms with Crippen molar-refractivity contribution in [1.82, 2.24) is 0 Å². The lowest BCUT2D eigenvalue weighted by molar-refractivity contribution is 0.0660. The van der Waals surface area contributed by atoms with Gasteiger partial charge in [-0.15, -0.1) is 0 Å². The van der Waals surface area contributed by atoms with Gasteiger partial charge in [-0.25, -0.2) is 9.18 Å². The molecule has 7 heteroatoms. The van der Waals surface area contributed by atoms with Gasteiger partial charge < -0.3 is 14.8 Å². The normalized spacial score (nSPS) is 10.2. The number of benzene rings is 1. The molecule has 2 rings (SSSR count). The van der Waals surface area contributed by atoms with Gasteiger partial charge in [0.05, 0.1) is 10.7 Å². The van der Waals surface area contributed by atoms with Crippen LogP contribution in [0.25, 0.3) is 0 Å². The van der Waals surface area contributed by atoms with Crippen LogP contribution in [0.4, 0.5) is 10.1 Å². The Morgan fingerprint density at radius 1 is 1.21 bits per heavy atom. The van der Waals surface area contributed by atoms with Gasteiger partial charge in [-0.3, -0.25) is 4.79 Å². The van der Waals surface area contributed by atoms with Gasteiger partial charge in [-0.2, -0.15) is 0 Å². The van der Waals surface area contributed by atoms with Crippen LogP contribution in [0.3, 0.4) is 0 Å². The number of halogens is 2. The molecule has 19 heavy (non-hydrogen) atoms. The van der Waals surface area contributed by atoms with E-state index in [1.54, 1.807) is 0 Å². The van der Waals surface area contributed by atoms with E-state index in [1.807, 2.05) is 0 Å². The van der Waals surface area contributed by atoms with E-state index in [-0.39, 0.29) is 22.2 Å². The number of rotatable bonds is 3. The van der Waals surface area contributed by atoms with Crippen molar-refractivity contribution in [1.29, 1.82) is 0 Å². The quantitative estimate of drug-likeness (QED) is 0.907. The molecule has 2 N–H and O–H groups in total. The summed E-state index contributed by atoms with van der Waals surface area (Å²) in [7, 11) is 0. The zero-order valence-electron chi connectivity index (χ0n) is 9.31. The predicted molar refractivity (Wildman–Crippen MR) is 65.0 cm³/mol. The molecule has 98 valence electrons. The number of anilines is 1. The van der Waals surface area contributed by atoms with Crippen molar-refractivity contribution >= 4 is 29.2 Å². The summed E-state index contributed by atoms with van der Waals surface area (Å²) in [6, 6.07) is 6.43. The van der Waals surface area contributed by atoms with E-state index >= 15 is 0 Å². The Bertz CT molecular complexity index is 653. The first-order valence-electron chi connectivity index (χ1n) is 5.07. The summed E-state index contributed by atoms with van der Waals surface area (Å²) in [5, 5.41) is 10.7. The minimum Gasteiger partial charge on any atom is -0.475 e. The molecule has 0 fully saturated rings. The smallest absolute Gasteiger partial charge is 0.371 e. The van der Waals surface area contributed by atoms with Crippen molar-refractivity contribution in [3.05, 3.63) is 52.7 Å². The van der Waals surface area contributed by atoms with Crippen LogP contribution in [0.15, 0.2) is 34.7 Å². The number of nitrogens with one attached hydrogen (secondary N) is 1. The number of furan rings is 1. The number of carboxylic acid groups (broad SMARTS) is 1. The number of carbonyl (C=O) groups excluding carboxylic acids is 1. The molecule has 0 unspecified atom stereocenters. The van der Waals surface area contributed by atoms with Gasteiger partial charge in [-0.1, -0.05) is 17.7 Å². The standard InChI is InChI=1S/C12H7ClFNO4/c13-6-2-1-3-7(10(6)14)15-11(16)8-4-5-9(19-8)12(17)18/h1-5H,(H,15,16)(H,17,18). The van der Waals surface area contributed by atoms with Crippen molar-refractivity contribution in [2.75, 3.05) is 5.32 Å². The first-order valence-corrected chi connectivity index (χ1v) is 5.45. The average molecular weight is 284 g/mol. The van der Waals surface area contributed by atoms with Crippen LogP contribution in [0.2, 0.25) is 5.02 Å². The fourth-order valence-electron chi connectivity index (χ4n) is 1.36. The Balaban J connectivity index is 2.21. The van der Waals surface area contributed by atoms with Crippen LogP contribution in [0.1, 0.15) is 21.1 Å². The molecule has 0 aliphatic carbocycles. The Morgan fingerprint density at radius 2 is 1.89 bits per heavy atom. The molecule has 5 nitrogen and oxygen atoms in total. The number of carbonyl (C=O) groups is 2. The highest BCUT2D eigenvalue weighted by molar-refractivity contribution is 6.31. The highest BCUT2D eigenvalue weighted by atomic mass is 35.5. The lowest BCUT2D eigenvalue weighted by Gasteiger charge is -2.05. The van der Waals surface area contributed by atoms with Gasteiger partial charge >= 0.3 is 5.97 Å². The number of amides is 1. The molecule has 1 aromatic heterocycles. The molecule has 0 spiro atoms. The number of hydrogen-bond donors (Lipinski definition) is 2. The van der Waals surface area contributed by atoms with Gasteiger partial charge in [0.1, 0.15) is 0 Å². The molecule has 0 bridgehead atoms. The van der Waals surface area contributed by atoms with Crippen molar-refractivity contribution in [2.45, 2.75) is 0 Å². The minimum absolute atomic E-state index is 0.120. The molecule has 0 saturated heterocycles. The summed E-state index contributed by atoms with van der Waals surface area (Å²) in [4.78, 5) is 22.3. The summed E-state index contributed by atoms with van der Waals surface area (Å²) in [5.74, 6) is -3.46. The van der Waals surface area contributed by atoms with Crippen molar-refractivity contribution in [2.24, 2.45) is 0 Å². The molecule has 0 atom stereocenters. The first-order chi connectivity index (χ1) is 8.99. The number of aromatic carboxylic acids is 1. The summed E-state index contributed by atoms with van der Waals surface area (Å²) in [6.07, 6.45) is 0. The highest BCUT2D eigenvalue weighted by Crippen LogP contribution is 2.22. The highest BCUT2D eigenvalue weighted by Gasteiger charge is 2.16. The van der Waals surface area contributed by atoms with Crippen molar-refractivity contribution in [3.63, 3.8) is 0 Å². The third kappa shape index (κ3) is 2.74. The number of hydrogen-bond acceptors (Lipinski definition) is 3. The van der Waals surface area contributed by atoms with Crippen LogP contribution in [-0.4, -0.2) is 17.0 Å². The van der Waals surface area contributed by atoms with E-state index in [0.29, 0.717) is 0 Å². The maximum absolute atomic E-state index is 13.5. The molecule has 0 saturated carbocycles. The maximum Gasteiger partial charge on any atom is 0.371 e. The first kappa shape index (κ1) is 13.1. The Hall–Kier alpha value is -2.34. The monoisotopic (exact) mass is 283 g/mol. The van der Waals surface area contributed by atoms with Crippen molar-refractivity contribution < 1.29 is 23.5 Å². The van der Waals surface area contributed by atoms with Crippen LogP contribution in [0, 0.1) is 5.82 Å². The van der Waals surface area contributed by atoms with E-state index in [9.17, 15) is 14.0 Å². The topological polar surface area (TPSA) is 79.5 Å². The zero-order valence-corrected chi connectivity index (χ0v) is 10.1. The molecule has 1 aromatic carbocycles. The van der Waals surface area contributed by atoms with Gasteiger partial charge in [0, 0.05) is 0 Å². The zero-order chi connectivity index (χ0) is 14.0.